The molecule has 0 saturated carbocycles. The van der Waals surface area contributed by atoms with Crippen molar-refractivity contribution in [2.24, 2.45) is 0 Å². The zero-order valence-electron chi connectivity index (χ0n) is 13.9. The van der Waals surface area contributed by atoms with Gasteiger partial charge in [-0.1, -0.05) is 30.3 Å². The van der Waals surface area contributed by atoms with Crippen LogP contribution in [-0.2, 0) is 11.3 Å². The van der Waals surface area contributed by atoms with Crippen molar-refractivity contribution in [1.29, 1.82) is 0 Å². The molecule has 0 aliphatic carbocycles. The average Bonchev–Trinajstić information content (AvgIpc) is 2.86. The number of nitrogens with zero attached hydrogens (tertiary/aromatic N) is 3. The number of carbonyl (C=O) groups excluding carboxylic acids is 3. The Balaban J connectivity index is 1.84. The molecular formula is C18H15N3O5. The minimum Gasteiger partial charge on any atom is -0.320 e. The molecule has 8 nitrogen and oxygen atoms in total. The minimum atomic E-state index is -0.645. The first-order valence-corrected chi connectivity index (χ1v) is 7.82. The quantitative estimate of drug-likeness (QED) is 0.466. The maximum Gasteiger partial charge on any atom is 0.270 e. The van der Waals surface area contributed by atoms with E-state index in [1.54, 1.807) is 0 Å². The van der Waals surface area contributed by atoms with E-state index in [1.165, 1.54) is 24.0 Å². The Hall–Kier alpha value is -3.55. The van der Waals surface area contributed by atoms with E-state index in [9.17, 15) is 24.5 Å². The molecule has 0 unspecified atom stereocenters. The molecule has 0 aromatic heterocycles. The van der Waals surface area contributed by atoms with E-state index in [0.717, 1.165) is 16.5 Å². The Labute approximate surface area is 148 Å². The van der Waals surface area contributed by atoms with E-state index in [1.807, 2.05) is 30.3 Å². The number of fused-ring (bicyclic) bond motifs is 1. The highest BCUT2D eigenvalue weighted by atomic mass is 16.6. The summed E-state index contributed by atoms with van der Waals surface area (Å²) in [6.07, 6.45) is 0. The molecule has 2 aromatic carbocycles. The number of hydrogen-bond donors (Lipinski definition) is 0. The fourth-order valence-corrected chi connectivity index (χ4v) is 2.76. The highest BCUT2D eigenvalue weighted by molar-refractivity contribution is 6.21. The second-order valence-corrected chi connectivity index (χ2v) is 5.87. The third kappa shape index (κ3) is 3.16. The van der Waals surface area contributed by atoms with Crippen molar-refractivity contribution in [3.05, 3.63) is 75.3 Å². The molecule has 132 valence electrons. The van der Waals surface area contributed by atoms with Gasteiger partial charge in [-0.3, -0.25) is 29.4 Å². The topological polar surface area (TPSA) is 101 Å². The molecule has 1 aliphatic rings. The summed E-state index contributed by atoms with van der Waals surface area (Å²) >= 11 is 0. The number of nitro benzene ring substituents is 1. The fourth-order valence-electron chi connectivity index (χ4n) is 2.76. The normalized spacial score (nSPS) is 12.9. The number of hydrogen-bond acceptors (Lipinski definition) is 5. The highest BCUT2D eigenvalue weighted by Crippen LogP contribution is 2.27. The summed E-state index contributed by atoms with van der Waals surface area (Å²) in [5, 5.41) is 10.9. The van der Waals surface area contributed by atoms with Gasteiger partial charge < -0.3 is 4.90 Å². The van der Waals surface area contributed by atoms with Crippen LogP contribution in [0.25, 0.3) is 0 Å². The monoisotopic (exact) mass is 353 g/mol. The smallest absolute Gasteiger partial charge is 0.270 e. The van der Waals surface area contributed by atoms with Gasteiger partial charge in [0.2, 0.25) is 5.91 Å². The molecule has 0 saturated heterocycles. The van der Waals surface area contributed by atoms with Crippen LogP contribution in [0.5, 0.6) is 0 Å². The van der Waals surface area contributed by atoms with Gasteiger partial charge in [-0.25, -0.2) is 0 Å². The van der Waals surface area contributed by atoms with Gasteiger partial charge in [0, 0.05) is 25.6 Å². The summed E-state index contributed by atoms with van der Waals surface area (Å²) in [7, 11) is 0. The lowest BCUT2D eigenvalue weighted by molar-refractivity contribution is -0.384. The Morgan fingerprint density at radius 2 is 1.73 bits per heavy atom. The van der Waals surface area contributed by atoms with Crippen molar-refractivity contribution in [3.63, 3.8) is 0 Å². The lowest BCUT2D eigenvalue weighted by Gasteiger charge is -2.26. The van der Waals surface area contributed by atoms with Gasteiger partial charge in [0.1, 0.15) is 6.67 Å². The van der Waals surface area contributed by atoms with Gasteiger partial charge >= 0.3 is 0 Å². The van der Waals surface area contributed by atoms with Crippen molar-refractivity contribution in [3.8, 4) is 0 Å². The van der Waals surface area contributed by atoms with Crippen molar-refractivity contribution >= 4 is 23.4 Å². The van der Waals surface area contributed by atoms with Crippen LogP contribution < -0.4 is 0 Å². The van der Waals surface area contributed by atoms with Crippen molar-refractivity contribution < 1.29 is 19.3 Å². The molecule has 3 rings (SSSR count). The first-order chi connectivity index (χ1) is 12.4. The van der Waals surface area contributed by atoms with Gasteiger partial charge in [-0.2, -0.15) is 0 Å². The van der Waals surface area contributed by atoms with Crippen molar-refractivity contribution in [2.75, 3.05) is 6.67 Å². The minimum absolute atomic E-state index is 0.0209. The number of nitro groups is 1. The fraction of sp³-hybridized carbons (Fsp3) is 0.167. The molecule has 1 heterocycles. The van der Waals surface area contributed by atoms with Crippen LogP contribution in [0.1, 0.15) is 33.2 Å². The first-order valence-electron chi connectivity index (χ1n) is 7.82. The van der Waals surface area contributed by atoms with Gasteiger partial charge in [0.15, 0.2) is 0 Å². The molecule has 26 heavy (non-hydrogen) atoms. The Morgan fingerprint density at radius 3 is 2.35 bits per heavy atom. The van der Waals surface area contributed by atoms with E-state index in [-0.39, 0.29) is 35.9 Å². The predicted molar refractivity (Wildman–Crippen MR) is 91.1 cm³/mol. The highest BCUT2D eigenvalue weighted by Gasteiger charge is 2.38. The average molecular weight is 353 g/mol. The Bertz CT molecular complexity index is 910. The number of rotatable bonds is 5. The lowest BCUT2D eigenvalue weighted by atomic mass is 10.1. The molecule has 8 heteroatoms. The second kappa shape index (κ2) is 6.75. The van der Waals surface area contributed by atoms with Gasteiger partial charge in [-0.15, -0.1) is 0 Å². The van der Waals surface area contributed by atoms with Crippen LogP contribution in [0.15, 0.2) is 48.5 Å². The summed E-state index contributed by atoms with van der Waals surface area (Å²) in [4.78, 5) is 49.5. The van der Waals surface area contributed by atoms with Crippen molar-refractivity contribution in [1.82, 2.24) is 9.80 Å². The first kappa shape index (κ1) is 17.3. The molecular weight excluding hydrogens is 338 g/mol. The van der Waals surface area contributed by atoms with Crippen LogP contribution in [-0.4, -0.2) is 39.1 Å². The zero-order valence-corrected chi connectivity index (χ0v) is 13.9. The largest absolute Gasteiger partial charge is 0.320 e. The second-order valence-electron chi connectivity index (χ2n) is 5.87. The van der Waals surface area contributed by atoms with Crippen LogP contribution in [0.4, 0.5) is 5.69 Å². The van der Waals surface area contributed by atoms with E-state index in [0.29, 0.717) is 0 Å². The van der Waals surface area contributed by atoms with Gasteiger partial charge in [-0.05, 0) is 11.6 Å². The molecule has 3 amide bonds. The summed E-state index contributed by atoms with van der Waals surface area (Å²) in [5.41, 5.74) is 0.672. The van der Waals surface area contributed by atoms with E-state index >= 15 is 0 Å². The summed E-state index contributed by atoms with van der Waals surface area (Å²) in [6, 6.07) is 12.7. The van der Waals surface area contributed by atoms with Crippen LogP contribution in [0, 0.1) is 10.1 Å². The summed E-state index contributed by atoms with van der Waals surface area (Å²) < 4.78 is 0. The number of carbonyl (C=O) groups is 3. The summed E-state index contributed by atoms with van der Waals surface area (Å²) in [5.74, 6) is -1.51. The number of amides is 3. The van der Waals surface area contributed by atoms with Crippen LogP contribution in [0.3, 0.4) is 0 Å². The maximum atomic E-state index is 12.5. The molecule has 2 aromatic rings. The standard InChI is InChI=1S/C18H15N3O5/c1-12(22)19(10-13-5-3-2-4-6-13)11-20-17(23)15-8-7-14(21(25)26)9-16(15)18(20)24/h2-9H,10-11H2,1H3. The predicted octanol–water partition coefficient (Wildman–Crippen LogP) is 2.20. The third-order valence-electron chi connectivity index (χ3n) is 4.14. The number of benzene rings is 2. The molecule has 0 N–H and O–H groups in total. The third-order valence-corrected chi connectivity index (χ3v) is 4.14. The maximum absolute atomic E-state index is 12.5. The van der Waals surface area contributed by atoms with Crippen LogP contribution in [0.2, 0.25) is 0 Å². The molecule has 0 radical (unpaired) electrons. The van der Waals surface area contributed by atoms with Gasteiger partial charge in [0.05, 0.1) is 16.1 Å². The van der Waals surface area contributed by atoms with Crippen LogP contribution >= 0.6 is 0 Å². The SMILES string of the molecule is CC(=O)N(Cc1ccccc1)CN1C(=O)c2ccc([N+](=O)[O-])cc2C1=O. The Morgan fingerprint density at radius 1 is 1.08 bits per heavy atom. The van der Waals surface area contributed by atoms with Crippen molar-refractivity contribution in [2.45, 2.75) is 13.5 Å². The number of imide groups is 1. The molecule has 0 atom stereocenters. The zero-order chi connectivity index (χ0) is 18.8. The lowest BCUT2D eigenvalue weighted by Crippen LogP contribution is -2.42. The molecule has 1 aliphatic heterocycles. The Kier molecular flexibility index (Phi) is 4.49. The molecule has 0 bridgehead atoms. The van der Waals surface area contributed by atoms with E-state index < -0.39 is 16.7 Å². The van der Waals surface area contributed by atoms with Gasteiger partial charge in [0.25, 0.3) is 17.5 Å². The molecule has 0 spiro atoms. The number of non-ortho nitro benzene ring substituents is 1. The van der Waals surface area contributed by atoms with E-state index in [2.05, 4.69) is 0 Å². The summed E-state index contributed by atoms with van der Waals surface area (Å²) in [6.45, 7) is 1.38. The molecule has 0 fully saturated rings. The van der Waals surface area contributed by atoms with E-state index in [4.69, 9.17) is 0 Å².